The van der Waals surface area contributed by atoms with E-state index in [1.807, 2.05) is 0 Å². The van der Waals surface area contributed by atoms with Crippen molar-refractivity contribution in [1.82, 2.24) is 0 Å². The highest BCUT2D eigenvalue weighted by Crippen LogP contribution is 2.44. The minimum absolute atomic E-state index is 0.125. The van der Waals surface area contributed by atoms with Gasteiger partial charge >= 0.3 is 0 Å². The average Bonchev–Trinajstić information content (AvgIpc) is 2.22. The molecule has 1 rings (SSSR count). The van der Waals surface area contributed by atoms with Crippen molar-refractivity contribution in [3.8, 4) is 0 Å². The van der Waals surface area contributed by atoms with Crippen molar-refractivity contribution in [2.75, 3.05) is 6.67 Å². The molecule has 0 nitrogen and oxygen atoms in total. The van der Waals surface area contributed by atoms with Gasteiger partial charge in [0.05, 0.1) is 6.67 Å². The summed E-state index contributed by atoms with van der Waals surface area (Å²) in [7, 11) is 0. The lowest BCUT2D eigenvalue weighted by Crippen LogP contribution is -1.92. The van der Waals surface area contributed by atoms with Crippen LogP contribution in [0.3, 0.4) is 0 Å². The Morgan fingerprint density at radius 1 is 1.67 bits per heavy atom. The van der Waals surface area contributed by atoms with E-state index in [4.69, 9.17) is 0 Å². The van der Waals surface area contributed by atoms with Crippen LogP contribution in [0, 0.1) is 12.3 Å². The molecule has 0 saturated heterocycles. The molecule has 1 fully saturated rings. The van der Waals surface area contributed by atoms with Crippen LogP contribution in [0.1, 0.15) is 12.8 Å². The predicted molar refractivity (Wildman–Crippen MR) is 23.0 cm³/mol. The number of rotatable bonds is 1. The molecule has 1 aliphatic carbocycles. The van der Waals surface area contributed by atoms with Gasteiger partial charge in [0.1, 0.15) is 0 Å². The van der Waals surface area contributed by atoms with Gasteiger partial charge in [-0.2, -0.15) is 0 Å². The Bertz CT molecular complexity index is 55.0. The number of alkyl halides is 1. The molecule has 0 N–H and O–H groups in total. The lowest BCUT2D eigenvalue weighted by atomic mass is 10.2. The summed E-state index contributed by atoms with van der Waals surface area (Å²) in [6.07, 6.45) is 1.98. The summed E-state index contributed by atoms with van der Waals surface area (Å²) in [5.41, 5.74) is -0.125. The summed E-state index contributed by atoms with van der Waals surface area (Å²) >= 11 is 0. The summed E-state index contributed by atoms with van der Waals surface area (Å²) in [4.78, 5) is 0. The molecule has 0 aromatic heterocycles. The minimum atomic E-state index is -0.229. The Morgan fingerprint density at radius 2 is 2.17 bits per heavy atom. The normalized spacial score (nSPS) is 27.0. The molecule has 1 radical (unpaired) electrons. The summed E-state index contributed by atoms with van der Waals surface area (Å²) in [5.74, 6) is 0. The largest absolute Gasteiger partial charge is 0.250 e. The lowest BCUT2D eigenvalue weighted by Gasteiger charge is -1.93. The van der Waals surface area contributed by atoms with Gasteiger partial charge in [-0.3, -0.25) is 4.39 Å². The van der Waals surface area contributed by atoms with Gasteiger partial charge < -0.3 is 0 Å². The van der Waals surface area contributed by atoms with Crippen LogP contribution in [0.15, 0.2) is 0 Å². The Morgan fingerprint density at radius 3 is 2.17 bits per heavy atom. The molecule has 1 saturated carbocycles. The molecule has 0 amide bonds. The van der Waals surface area contributed by atoms with E-state index in [0.717, 1.165) is 12.8 Å². The van der Waals surface area contributed by atoms with Gasteiger partial charge in [0.2, 0.25) is 0 Å². The Balaban J connectivity index is 2.28. The molecule has 0 aliphatic heterocycles. The fraction of sp³-hybridized carbons (Fsp3) is 0.800. The second-order valence-corrected chi connectivity index (χ2v) is 2.13. The molecule has 0 heterocycles. The van der Waals surface area contributed by atoms with Crippen LogP contribution in [0.4, 0.5) is 4.39 Å². The molecule has 1 heteroatoms. The maximum absolute atomic E-state index is 11.5. The maximum Gasteiger partial charge on any atom is 0.0950 e. The van der Waals surface area contributed by atoms with Crippen molar-refractivity contribution in [2.24, 2.45) is 5.41 Å². The summed E-state index contributed by atoms with van der Waals surface area (Å²) in [6, 6.07) is 0. The molecule has 0 atom stereocenters. The molecule has 0 aromatic carbocycles. The maximum atomic E-state index is 11.5. The molecule has 1 aliphatic rings. The fourth-order valence-electron chi connectivity index (χ4n) is 0.310. The minimum Gasteiger partial charge on any atom is -0.250 e. The van der Waals surface area contributed by atoms with E-state index in [1.54, 1.807) is 0 Å². The Hall–Kier alpha value is -0.0700. The zero-order valence-electron chi connectivity index (χ0n) is 3.71. The van der Waals surface area contributed by atoms with Crippen LogP contribution < -0.4 is 0 Å². The molecule has 0 spiro atoms. The van der Waals surface area contributed by atoms with Gasteiger partial charge in [0, 0.05) is 0 Å². The van der Waals surface area contributed by atoms with Crippen molar-refractivity contribution in [3.05, 3.63) is 6.92 Å². The van der Waals surface area contributed by atoms with E-state index >= 15 is 0 Å². The first kappa shape index (κ1) is 4.10. The second-order valence-electron chi connectivity index (χ2n) is 2.13. The van der Waals surface area contributed by atoms with Crippen LogP contribution in [0.5, 0.6) is 0 Å². The number of hydrogen-bond acceptors (Lipinski definition) is 0. The van der Waals surface area contributed by atoms with Crippen molar-refractivity contribution in [3.63, 3.8) is 0 Å². The zero-order valence-corrected chi connectivity index (χ0v) is 3.71. The Labute approximate surface area is 37.4 Å². The second kappa shape index (κ2) is 0.955. The van der Waals surface area contributed by atoms with E-state index < -0.39 is 0 Å². The van der Waals surface area contributed by atoms with E-state index in [1.165, 1.54) is 0 Å². The van der Waals surface area contributed by atoms with Crippen LogP contribution >= 0.6 is 0 Å². The van der Waals surface area contributed by atoms with Gasteiger partial charge in [0.25, 0.3) is 0 Å². The van der Waals surface area contributed by atoms with E-state index in [2.05, 4.69) is 6.92 Å². The molecular formula is C5H8F. The lowest BCUT2D eigenvalue weighted by molar-refractivity contribution is 0.395. The molecule has 0 bridgehead atoms. The van der Waals surface area contributed by atoms with Crippen molar-refractivity contribution >= 4 is 0 Å². The SMILES string of the molecule is [CH2]C1(CF)CC1. The highest BCUT2D eigenvalue weighted by molar-refractivity contribution is 4.94. The van der Waals surface area contributed by atoms with Crippen molar-refractivity contribution in [2.45, 2.75) is 12.8 Å². The average molecular weight is 87.1 g/mol. The fourth-order valence-corrected chi connectivity index (χ4v) is 0.310. The van der Waals surface area contributed by atoms with Gasteiger partial charge in [-0.15, -0.1) is 0 Å². The summed E-state index contributed by atoms with van der Waals surface area (Å²) in [6.45, 7) is 3.40. The summed E-state index contributed by atoms with van der Waals surface area (Å²) in [5, 5.41) is 0. The Kier molecular flexibility index (Phi) is 0.652. The molecule has 0 unspecified atom stereocenters. The first-order chi connectivity index (χ1) is 2.77. The smallest absolute Gasteiger partial charge is 0.0950 e. The third-order valence-corrected chi connectivity index (χ3v) is 1.24. The summed E-state index contributed by atoms with van der Waals surface area (Å²) < 4.78 is 11.5. The van der Waals surface area contributed by atoms with Gasteiger partial charge in [-0.25, -0.2) is 0 Å². The first-order valence-corrected chi connectivity index (χ1v) is 2.18. The molecule has 0 aromatic rings. The predicted octanol–water partition coefficient (Wildman–Crippen LogP) is 1.57. The number of hydrogen-bond donors (Lipinski definition) is 0. The molecule has 35 valence electrons. The third kappa shape index (κ3) is 0.537. The first-order valence-electron chi connectivity index (χ1n) is 2.18. The van der Waals surface area contributed by atoms with E-state index in [0.29, 0.717) is 0 Å². The van der Waals surface area contributed by atoms with Crippen LogP contribution in [0.2, 0.25) is 0 Å². The van der Waals surface area contributed by atoms with Gasteiger partial charge in [-0.1, -0.05) is 0 Å². The quantitative estimate of drug-likeness (QED) is 0.455. The van der Waals surface area contributed by atoms with Crippen LogP contribution in [-0.2, 0) is 0 Å². The van der Waals surface area contributed by atoms with Crippen LogP contribution in [0.25, 0.3) is 0 Å². The van der Waals surface area contributed by atoms with Crippen molar-refractivity contribution < 1.29 is 4.39 Å². The van der Waals surface area contributed by atoms with Crippen molar-refractivity contribution in [1.29, 1.82) is 0 Å². The van der Waals surface area contributed by atoms with Gasteiger partial charge in [0.15, 0.2) is 0 Å². The van der Waals surface area contributed by atoms with Gasteiger partial charge in [-0.05, 0) is 25.2 Å². The van der Waals surface area contributed by atoms with Crippen LogP contribution in [-0.4, -0.2) is 6.67 Å². The topological polar surface area (TPSA) is 0 Å². The highest BCUT2D eigenvalue weighted by Gasteiger charge is 2.37. The highest BCUT2D eigenvalue weighted by atomic mass is 19.1. The third-order valence-electron chi connectivity index (χ3n) is 1.24. The monoisotopic (exact) mass is 87.1 g/mol. The molecular weight excluding hydrogens is 79.1 g/mol. The number of halogens is 1. The molecule has 6 heavy (non-hydrogen) atoms. The van der Waals surface area contributed by atoms with E-state index in [-0.39, 0.29) is 12.1 Å². The zero-order chi connectivity index (χ0) is 4.62. The van der Waals surface area contributed by atoms with E-state index in [9.17, 15) is 4.39 Å². The standard InChI is InChI=1S/C5H8F/c1-5(4-6)2-3-5/h1-4H2.